The molecule has 5 heteroatoms. The minimum absolute atomic E-state index is 0.000245. The summed E-state index contributed by atoms with van der Waals surface area (Å²) in [6.07, 6.45) is 3.83. The van der Waals surface area contributed by atoms with Crippen LogP contribution in [0.4, 0.5) is 0 Å². The molecule has 1 saturated heterocycles. The van der Waals surface area contributed by atoms with Gasteiger partial charge in [0.05, 0.1) is 24.9 Å². The number of hydrogen-bond donors (Lipinski definition) is 0. The van der Waals surface area contributed by atoms with E-state index in [9.17, 15) is 4.79 Å². The number of nitrogens with zero attached hydrogens (tertiary/aromatic N) is 3. The Balaban J connectivity index is 1.96. The maximum Gasteiger partial charge on any atom is 0.159 e. The minimum atomic E-state index is -0.000245. The second-order valence-electron chi connectivity index (χ2n) is 3.57. The Morgan fingerprint density at radius 3 is 3.27 bits per heavy atom. The molecule has 0 bridgehead atoms. The van der Waals surface area contributed by atoms with Crippen LogP contribution in [0, 0.1) is 17.2 Å². The van der Waals surface area contributed by atoms with Gasteiger partial charge in [-0.3, -0.25) is 9.48 Å². The zero-order valence-electron chi connectivity index (χ0n) is 8.22. The van der Waals surface area contributed by atoms with Crippen molar-refractivity contribution in [3.63, 3.8) is 0 Å². The molecule has 0 aromatic carbocycles. The molecule has 0 spiro atoms. The zero-order chi connectivity index (χ0) is 10.7. The summed E-state index contributed by atoms with van der Waals surface area (Å²) in [6, 6.07) is 1.97. The lowest BCUT2D eigenvalue weighted by atomic mass is 10.0. The van der Waals surface area contributed by atoms with Gasteiger partial charge in [-0.2, -0.15) is 10.4 Å². The second-order valence-corrected chi connectivity index (χ2v) is 3.57. The highest BCUT2D eigenvalue weighted by molar-refractivity contribution is 5.81. The third-order valence-electron chi connectivity index (χ3n) is 2.47. The first-order valence-electron chi connectivity index (χ1n) is 4.82. The van der Waals surface area contributed by atoms with Crippen LogP contribution in [0.3, 0.4) is 0 Å². The van der Waals surface area contributed by atoms with E-state index < -0.39 is 0 Å². The van der Waals surface area contributed by atoms with Gasteiger partial charge < -0.3 is 4.74 Å². The summed E-state index contributed by atoms with van der Waals surface area (Å²) in [5.74, 6) is 0.125. The Morgan fingerprint density at radius 1 is 1.80 bits per heavy atom. The monoisotopic (exact) mass is 205 g/mol. The smallest absolute Gasteiger partial charge is 0.159 e. The van der Waals surface area contributed by atoms with Crippen LogP contribution < -0.4 is 0 Å². The van der Waals surface area contributed by atoms with E-state index in [1.54, 1.807) is 6.20 Å². The van der Waals surface area contributed by atoms with Crippen LogP contribution in [0.1, 0.15) is 12.0 Å². The van der Waals surface area contributed by atoms with Gasteiger partial charge in [-0.1, -0.05) is 0 Å². The molecule has 1 unspecified atom stereocenters. The molecule has 1 aromatic rings. The SMILES string of the molecule is N#Cc1cnn(CC(=O)C2CCOC2)c1. The number of aromatic nitrogens is 2. The standard InChI is InChI=1S/C10H11N3O2/c11-3-8-4-12-13(5-8)6-10(14)9-1-2-15-7-9/h4-5,9H,1-2,6-7H2. The third kappa shape index (κ3) is 2.22. The molecule has 2 heterocycles. The van der Waals surface area contributed by atoms with Gasteiger partial charge in [-0.15, -0.1) is 0 Å². The Morgan fingerprint density at radius 2 is 2.67 bits per heavy atom. The van der Waals surface area contributed by atoms with Gasteiger partial charge in [0, 0.05) is 18.7 Å². The Labute approximate surface area is 87.3 Å². The second kappa shape index (κ2) is 4.24. The van der Waals surface area contributed by atoms with Gasteiger partial charge in [0.15, 0.2) is 5.78 Å². The highest BCUT2D eigenvalue weighted by atomic mass is 16.5. The van der Waals surface area contributed by atoms with Crippen LogP contribution in [-0.4, -0.2) is 28.8 Å². The Kier molecular flexibility index (Phi) is 2.79. The fraction of sp³-hybridized carbons (Fsp3) is 0.500. The fourth-order valence-corrected chi connectivity index (χ4v) is 1.58. The maximum atomic E-state index is 11.7. The van der Waals surface area contributed by atoms with Crippen molar-refractivity contribution in [2.75, 3.05) is 13.2 Å². The van der Waals surface area contributed by atoms with E-state index in [1.165, 1.54) is 10.9 Å². The average Bonchev–Trinajstić information content (AvgIpc) is 2.87. The Hall–Kier alpha value is -1.67. The Bertz CT molecular complexity index is 399. The molecular weight excluding hydrogens is 194 g/mol. The predicted octanol–water partition coefficient (Wildman–Crippen LogP) is 0.360. The van der Waals surface area contributed by atoms with Gasteiger partial charge in [-0.25, -0.2) is 0 Å². The molecule has 78 valence electrons. The van der Waals surface area contributed by atoms with Crippen molar-refractivity contribution in [1.82, 2.24) is 9.78 Å². The molecule has 1 aliphatic heterocycles. The van der Waals surface area contributed by atoms with E-state index >= 15 is 0 Å². The van der Waals surface area contributed by atoms with Gasteiger partial charge in [0.1, 0.15) is 6.07 Å². The van der Waals surface area contributed by atoms with E-state index in [2.05, 4.69) is 5.10 Å². The van der Waals surface area contributed by atoms with Crippen LogP contribution in [0.5, 0.6) is 0 Å². The summed E-state index contributed by atoms with van der Waals surface area (Å²) in [4.78, 5) is 11.7. The molecule has 0 amide bonds. The van der Waals surface area contributed by atoms with Gasteiger partial charge in [0.2, 0.25) is 0 Å². The largest absolute Gasteiger partial charge is 0.381 e. The van der Waals surface area contributed by atoms with Crippen molar-refractivity contribution in [2.45, 2.75) is 13.0 Å². The number of nitriles is 1. The van der Waals surface area contributed by atoms with E-state index in [1.807, 2.05) is 6.07 Å². The number of carbonyl (C=O) groups excluding carboxylic acids is 1. The number of hydrogen-bond acceptors (Lipinski definition) is 4. The van der Waals surface area contributed by atoms with Gasteiger partial charge in [0.25, 0.3) is 0 Å². The first-order valence-corrected chi connectivity index (χ1v) is 4.82. The lowest BCUT2D eigenvalue weighted by molar-refractivity contribution is -0.123. The number of ether oxygens (including phenoxy) is 1. The molecule has 0 N–H and O–H groups in total. The molecule has 15 heavy (non-hydrogen) atoms. The summed E-state index contributed by atoms with van der Waals surface area (Å²) in [6.45, 7) is 1.42. The molecule has 1 aliphatic rings. The van der Waals surface area contributed by atoms with E-state index in [0.717, 1.165) is 6.42 Å². The molecular formula is C10H11N3O2. The topological polar surface area (TPSA) is 67.9 Å². The van der Waals surface area contributed by atoms with Crippen molar-refractivity contribution in [3.05, 3.63) is 18.0 Å². The number of carbonyl (C=O) groups is 1. The minimum Gasteiger partial charge on any atom is -0.381 e. The summed E-state index contributed by atoms with van der Waals surface area (Å²) >= 11 is 0. The van der Waals surface area contributed by atoms with Crippen molar-refractivity contribution >= 4 is 5.78 Å². The maximum absolute atomic E-state index is 11.7. The van der Waals surface area contributed by atoms with Crippen LogP contribution in [0.25, 0.3) is 0 Å². The van der Waals surface area contributed by atoms with Crippen LogP contribution in [0.2, 0.25) is 0 Å². The summed E-state index contributed by atoms with van der Waals surface area (Å²) in [5.41, 5.74) is 0.477. The van der Waals surface area contributed by atoms with E-state index in [0.29, 0.717) is 18.8 Å². The number of Topliss-reactive ketones (excluding diaryl/α,β-unsaturated/α-hetero) is 1. The van der Waals surface area contributed by atoms with Crippen molar-refractivity contribution in [3.8, 4) is 6.07 Å². The fourth-order valence-electron chi connectivity index (χ4n) is 1.58. The number of ketones is 1. The van der Waals surface area contributed by atoms with Crippen LogP contribution in [-0.2, 0) is 16.1 Å². The molecule has 0 saturated carbocycles. The predicted molar refractivity (Wildman–Crippen MR) is 50.9 cm³/mol. The molecule has 2 rings (SSSR count). The normalized spacial score (nSPS) is 20.1. The molecule has 1 atom stereocenters. The van der Waals surface area contributed by atoms with Crippen molar-refractivity contribution in [2.24, 2.45) is 5.92 Å². The summed E-state index contributed by atoms with van der Waals surface area (Å²) in [7, 11) is 0. The van der Waals surface area contributed by atoms with E-state index in [4.69, 9.17) is 10.00 Å². The van der Waals surface area contributed by atoms with Crippen molar-refractivity contribution < 1.29 is 9.53 Å². The highest BCUT2D eigenvalue weighted by Gasteiger charge is 2.23. The number of rotatable bonds is 3. The van der Waals surface area contributed by atoms with E-state index in [-0.39, 0.29) is 18.2 Å². The first-order chi connectivity index (χ1) is 7.29. The van der Waals surface area contributed by atoms with Crippen molar-refractivity contribution in [1.29, 1.82) is 5.26 Å². The lowest BCUT2D eigenvalue weighted by Crippen LogP contribution is -2.20. The molecule has 0 radical (unpaired) electrons. The average molecular weight is 205 g/mol. The zero-order valence-corrected chi connectivity index (χ0v) is 8.22. The molecule has 1 fully saturated rings. The van der Waals surface area contributed by atoms with Crippen LogP contribution >= 0.6 is 0 Å². The molecule has 0 aliphatic carbocycles. The third-order valence-corrected chi connectivity index (χ3v) is 2.47. The quantitative estimate of drug-likeness (QED) is 0.714. The summed E-state index contributed by atoms with van der Waals surface area (Å²) in [5, 5.41) is 12.5. The lowest BCUT2D eigenvalue weighted by Gasteiger charge is -2.05. The van der Waals surface area contributed by atoms with Gasteiger partial charge >= 0.3 is 0 Å². The van der Waals surface area contributed by atoms with Gasteiger partial charge in [-0.05, 0) is 6.42 Å². The molecule has 5 nitrogen and oxygen atoms in total. The molecule has 1 aromatic heterocycles. The highest BCUT2D eigenvalue weighted by Crippen LogP contribution is 2.14. The first kappa shape index (κ1) is 9.87. The summed E-state index contributed by atoms with van der Waals surface area (Å²) < 4.78 is 6.64. The van der Waals surface area contributed by atoms with Crippen LogP contribution in [0.15, 0.2) is 12.4 Å².